The second kappa shape index (κ2) is 4.18. The molecule has 0 fully saturated rings. The summed E-state index contributed by atoms with van der Waals surface area (Å²) >= 11 is 1.39. The molecule has 1 aromatic carbocycles. The number of nitrogens with two attached hydrogens (primary N) is 1. The van der Waals surface area contributed by atoms with Crippen molar-refractivity contribution in [3.05, 3.63) is 35.5 Å². The summed E-state index contributed by atoms with van der Waals surface area (Å²) in [6.45, 7) is 0.347. The van der Waals surface area contributed by atoms with Gasteiger partial charge in [-0.05, 0) is 24.3 Å². The highest BCUT2D eigenvalue weighted by atomic mass is 32.1. The molecular formula is C10H10N2O2S. The van der Waals surface area contributed by atoms with Crippen molar-refractivity contribution in [1.82, 2.24) is 4.98 Å². The molecule has 4 nitrogen and oxygen atoms in total. The maximum atomic E-state index is 9.07. The Morgan fingerprint density at radius 2 is 2.07 bits per heavy atom. The van der Waals surface area contributed by atoms with Crippen molar-refractivity contribution in [1.29, 1.82) is 0 Å². The van der Waals surface area contributed by atoms with Gasteiger partial charge in [-0.15, -0.1) is 11.3 Å². The lowest BCUT2D eigenvalue weighted by Crippen LogP contribution is -1.98. The second-order valence-electron chi connectivity index (χ2n) is 2.95. The quantitative estimate of drug-likeness (QED) is 0.833. The Labute approximate surface area is 91.0 Å². The third-order valence-electron chi connectivity index (χ3n) is 1.88. The number of anilines is 1. The Hall–Kier alpha value is -1.75. The molecule has 0 bridgehead atoms. The molecule has 78 valence electrons. The van der Waals surface area contributed by atoms with E-state index >= 15 is 0 Å². The van der Waals surface area contributed by atoms with E-state index in [2.05, 4.69) is 4.98 Å². The van der Waals surface area contributed by atoms with Crippen LogP contribution < -0.4 is 10.5 Å². The third kappa shape index (κ3) is 2.38. The molecule has 0 aliphatic rings. The minimum Gasteiger partial charge on any atom is -0.508 e. The van der Waals surface area contributed by atoms with Crippen LogP contribution in [0.4, 0.5) is 5.00 Å². The SMILES string of the molecule is Nc1scnc1COc1ccc(O)cc1. The first kappa shape index (κ1) is 9.79. The van der Waals surface area contributed by atoms with Gasteiger partial charge in [0.1, 0.15) is 28.8 Å². The number of nitrogen functional groups attached to an aromatic ring is 1. The van der Waals surface area contributed by atoms with E-state index in [0.717, 1.165) is 5.69 Å². The zero-order valence-corrected chi connectivity index (χ0v) is 8.70. The summed E-state index contributed by atoms with van der Waals surface area (Å²) in [6.07, 6.45) is 0. The van der Waals surface area contributed by atoms with Crippen LogP contribution in [0.15, 0.2) is 29.8 Å². The van der Waals surface area contributed by atoms with E-state index in [1.807, 2.05) is 0 Å². The zero-order chi connectivity index (χ0) is 10.7. The van der Waals surface area contributed by atoms with Gasteiger partial charge in [-0.1, -0.05) is 0 Å². The number of aromatic nitrogens is 1. The smallest absolute Gasteiger partial charge is 0.133 e. The molecule has 0 atom stereocenters. The summed E-state index contributed by atoms with van der Waals surface area (Å²) in [4.78, 5) is 4.07. The number of benzene rings is 1. The summed E-state index contributed by atoms with van der Waals surface area (Å²) < 4.78 is 5.44. The molecule has 0 amide bonds. The van der Waals surface area contributed by atoms with E-state index in [1.54, 1.807) is 29.8 Å². The van der Waals surface area contributed by atoms with Gasteiger partial charge in [0.2, 0.25) is 0 Å². The van der Waals surface area contributed by atoms with Crippen LogP contribution in [0.25, 0.3) is 0 Å². The monoisotopic (exact) mass is 222 g/mol. The maximum absolute atomic E-state index is 9.07. The molecule has 0 unspecified atom stereocenters. The molecule has 0 aliphatic heterocycles. The van der Waals surface area contributed by atoms with Gasteiger partial charge < -0.3 is 15.6 Å². The molecule has 1 aromatic heterocycles. The number of phenols is 1. The normalized spacial score (nSPS) is 10.1. The van der Waals surface area contributed by atoms with Crippen LogP contribution in [0.1, 0.15) is 5.69 Å². The number of phenolic OH excluding ortho intramolecular Hbond substituents is 1. The van der Waals surface area contributed by atoms with Crippen molar-refractivity contribution in [3.8, 4) is 11.5 Å². The largest absolute Gasteiger partial charge is 0.508 e. The van der Waals surface area contributed by atoms with Crippen molar-refractivity contribution < 1.29 is 9.84 Å². The standard InChI is InChI=1S/C10H10N2O2S/c11-10-9(12-6-15-10)5-14-8-3-1-7(13)2-4-8/h1-4,6,13H,5,11H2. The highest BCUT2D eigenvalue weighted by molar-refractivity contribution is 7.13. The number of thiazole rings is 1. The van der Waals surface area contributed by atoms with Gasteiger partial charge in [-0.25, -0.2) is 4.98 Å². The predicted molar refractivity (Wildman–Crippen MR) is 59.0 cm³/mol. The van der Waals surface area contributed by atoms with Gasteiger partial charge in [-0.3, -0.25) is 0 Å². The maximum Gasteiger partial charge on any atom is 0.133 e. The molecule has 0 spiro atoms. The number of aromatic hydroxyl groups is 1. The molecule has 2 rings (SSSR count). The number of hydrogen-bond acceptors (Lipinski definition) is 5. The number of ether oxygens (including phenoxy) is 1. The summed E-state index contributed by atoms with van der Waals surface area (Å²) in [5.74, 6) is 0.899. The van der Waals surface area contributed by atoms with Gasteiger partial charge >= 0.3 is 0 Å². The lowest BCUT2D eigenvalue weighted by Gasteiger charge is -2.04. The molecule has 0 saturated heterocycles. The number of rotatable bonds is 3. The second-order valence-corrected chi connectivity index (χ2v) is 3.83. The van der Waals surface area contributed by atoms with E-state index in [1.165, 1.54) is 11.3 Å². The summed E-state index contributed by atoms with van der Waals surface area (Å²) in [5.41, 5.74) is 8.09. The fourth-order valence-electron chi connectivity index (χ4n) is 1.08. The summed E-state index contributed by atoms with van der Waals surface area (Å²) in [5, 5.41) is 9.74. The van der Waals surface area contributed by atoms with Crippen molar-refractivity contribution in [2.75, 3.05) is 5.73 Å². The minimum atomic E-state index is 0.218. The van der Waals surface area contributed by atoms with Crippen LogP contribution in [-0.2, 0) is 6.61 Å². The Kier molecular flexibility index (Phi) is 2.73. The highest BCUT2D eigenvalue weighted by Gasteiger charge is 2.02. The van der Waals surface area contributed by atoms with E-state index in [9.17, 15) is 0 Å². The Bertz CT molecular complexity index is 439. The average molecular weight is 222 g/mol. The Morgan fingerprint density at radius 3 is 2.67 bits per heavy atom. The molecule has 0 saturated carbocycles. The number of nitrogens with zero attached hydrogens (tertiary/aromatic N) is 1. The van der Waals surface area contributed by atoms with E-state index in [0.29, 0.717) is 17.4 Å². The van der Waals surface area contributed by atoms with E-state index in [-0.39, 0.29) is 5.75 Å². The Morgan fingerprint density at radius 1 is 1.33 bits per heavy atom. The van der Waals surface area contributed by atoms with Gasteiger partial charge in [0.15, 0.2) is 0 Å². The van der Waals surface area contributed by atoms with E-state index in [4.69, 9.17) is 15.6 Å². The van der Waals surface area contributed by atoms with Gasteiger partial charge in [0.25, 0.3) is 0 Å². The Balaban J connectivity index is 1.99. The van der Waals surface area contributed by atoms with E-state index < -0.39 is 0 Å². The lowest BCUT2D eigenvalue weighted by atomic mass is 10.3. The first-order chi connectivity index (χ1) is 7.25. The van der Waals surface area contributed by atoms with Crippen molar-refractivity contribution in [3.63, 3.8) is 0 Å². The summed E-state index contributed by atoms with van der Waals surface area (Å²) in [6, 6.07) is 6.52. The first-order valence-corrected chi connectivity index (χ1v) is 5.23. The molecule has 1 heterocycles. The van der Waals surface area contributed by atoms with Crippen molar-refractivity contribution in [2.45, 2.75) is 6.61 Å². The van der Waals surface area contributed by atoms with Crippen LogP contribution in [0.3, 0.4) is 0 Å². The van der Waals surface area contributed by atoms with Crippen LogP contribution in [-0.4, -0.2) is 10.1 Å². The number of hydrogen-bond donors (Lipinski definition) is 2. The molecule has 15 heavy (non-hydrogen) atoms. The minimum absolute atomic E-state index is 0.218. The fourth-order valence-corrected chi connectivity index (χ4v) is 1.62. The van der Waals surface area contributed by atoms with Gasteiger partial charge in [0, 0.05) is 0 Å². The molecule has 0 aliphatic carbocycles. The highest BCUT2D eigenvalue weighted by Crippen LogP contribution is 2.20. The average Bonchev–Trinajstić information content (AvgIpc) is 2.63. The van der Waals surface area contributed by atoms with Crippen molar-refractivity contribution >= 4 is 16.3 Å². The lowest BCUT2D eigenvalue weighted by molar-refractivity contribution is 0.302. The topological polar surface area (TPSA) is 68.4 Å². The van der Waals surface area contributed by atoms with Gasteiger partial charge in [-0.2, -0.15) is 0 Å². The molecule has 5 heteroatoms. The predicted octanol–water partition coefficient (Wildman–Crippen LogP) is 2.01. The molecule has 0 radical (unpaired) electrons. The zero-order valence-electron chi connectivity index (χ0n) is 7.88. The van der Waals surface area contributed by atoms with Crippen LogP contribution in [0.5, 0.6) is 11.5 Å². The first-order valence-electron chi connectivity index (χ1n) is 4.35. The van der Waals surface area contributed by atoms with Crippen LogP contribution in [0, 0.1) is 0 Å². The van der Waals surface area contributed by atoms with Gasteiger partial charge in [0.05, 0.1) is 5.51 Å². The molecule has 3 N–H and O–H groups in total. The van der Waals surface area contributed by atoms with Crippen LogP contribution >= 0.6 is 11.3 Å². The van der Waals surface area contributed by atoms with Crippen LogP contribution in [0.2, 0.25) is 0 Å². The summed E-state index contributed by atoms with van der Waals surface area (Å²) in [7, 11) is 0. The molecular weight excluding hydrogens is 212 g/mol. The fraction of sp³-hybridized carbons (Fsp3) is 0.100. The molecule has 2 aromatic rings. The van der Waals surface area contributed by atoms with Crippen molar-refractivity contribution in [2.24, 2.45) is 0 Å². The third-order valence-corrected chi connectivity index (χ3v) is 2.59.